The van der Waals surface area contributed by atoms with E-state index in [0.717, 1.165) is 93.0 Å². The van der Waals surface area contributed by atoms with Gasteiger partial charge in [0.25, 0.3) is 5.56 Å². The van der Waals surface area contributed by atoms with Crippen molar-refractivity contribution in [1.82, 2.24) is 78.3 Å². The number of ether oxygens (including phenoxy) is 1. The van der Waals surface area contributed by atoms with Crippen LogP contribution in [0.4, 0.5) is 23.4 Å². The molecule has 24 heteroatoms. The van der Waals surface area contributed by atoms with Gasteiger partial charge in [0, 0.05) is 93.7 Å². The molecule has 2 aromatic carbocycles. The molecule has 2 aliphatic heterocycles. The predicted octanol–water partition coefficient (Wildman–Crippen LogP) is 8.87. The van der Waals surface area contributed by atoms with Gasteiger partial charge in [-0.1, -0.05) is 24.3 Å². The molecule has 0 aliphatic carbocycles. The maximum Gasteiger partial charge on any atom is 0.260 e. The minimum atomic E-state index is -0.273. The third kappa shape index (κ3) is 12.0. The van der Waals surface area contributed by atoms with Crippen LogP contribution in [0.5, 0.6) is 5.88 Å². The lowest BCUT2D eigenvalue weighted by Gasteiger charge is -2.32. The first-order valence-electron chi connectivity index (χ1n) is 30.2. The molecule has 454 valence electrons. The number of anilines is 4. The number of rotatable bonds is 17. The molecule has 92 heavy (non-hydrogen) atoms. The molecule has 24 nitrogen and oxygen atoms in total. The first-order chi connectivity index (χ1) is 45.1. The predicted molar refractivity (Wildman–Crippen MR) is 349 cm³/mol. The maximum atomic E-state index is 14.7. The first-order valence-corrected chi connectivity index (χ1v) is 30.2. The largest absolute Gasteiger partial charge is 0.481 e. The van der Waals surface area contributed by atoms with E-state index in [1.807, 2.05) is 81.9 Å². The summed E-state index contributed by atoms with van der Waals surface area (Å²) in [5.74, 6) is 3.37. The summed E-state index contributed by atoms with van der Waals surface area (Å²) < 4.78 is 11.2. The quantitative estimate of drug-likeness (QED) is 0.0661. The van der Waals surface area contributed by atoms with Crippen LogP contribution in [0.3, 0.4) is 0 Å². The zero-order valence-corrected chi connectivity index (χ0v) is 50.0. The Labute approximate surface area is 527 Å². The number of pyridine rings is 6. The summed E-state index contributed by atoms with van der Waals surface area (Å²) in [4.78, 5) is 70.7. The number of nitrogens with zero attached hydrogens (tertiary/aromatic N) is 18. The summed E-state index contributed by atoms with van der Waals surface area (Å²) in [6.07, 6.45) is 11.9. The van der Waals surface area contributed by atoms with Crippen molar-refractivity contribution < 1.29 is 4.74 Å². The number of methoxy groups -OCH3 is 1. The van der Waals surface area contributed by atoms with Crippen LogP contribution in [0.15, 0.2) is 169 Å². The Morgan fingerprint density at radius 1 is 0.533 bits per heavy atom. The molecule has 0 saturated carbocycles. The Kier molecular flexibility index (Phi) is 15.9. The number of nitriles is 2. The highest BCUT2D eigenvalue weighted by molar-refractivity contribution is 5.86. The van der Waals surface area contributed by atoms with Gasteiger partial charge in [-0.05, 0) is 146 Å². The zero-order valence-electron chi connectivity index (χ0n) is 50.0. The molecule has 0 radical (unpaired) electrons. The number of fused-ring (bicyclic) bond motifs is 2. The van der Waals surface area contributed by atoms with Crippen molar-refractivity contribution in [1.29, 1.82) is 10.5 Å². The van der Waals surface area contributed by atoms with Gasteiger partial charge in [0.1, 0.15) is 46.3 Å². The van der Waals surface area contributed by atoms with Gasteiger partial charge in [0.15, 0.2) is 22.9 Å². The van der Waals surface area contributed by atoms with Gasteiger partial charge in [-0.15, -0.1) is 0 Å². The van der Waals surface area contributed by atoms with Crippen molar-refractivity contribution in [2.75, 3.05) is 55.4 Å². The summed E-state index contributed by atoms with van der Waals surface area (Å²) in [5, 5.41) is 25.4. The second-order valence-electron chi connectivity index (χ2n) is 22.7. The van der Waals surface area contributed by atoms with Crippen LogP contribution >= 0.6 is 0 Å². The third-order valence-corrected chi connectivity index (χ3v) is 16.8. The number of nitrogen functional groups attached to an aromatic ring is 2. The topological polar surface area (TPSA) is 313 Å². The molecule has 12 aromatic rings. The number of aromatic nitrogens is 14. The van der Waals surface area contributed by atoms with Crippen LogP contribution in [0.1, 0.15) is 54.0 Å². The molecule has 10 aromatic heterocycles. The van der Waals surface area contributed by atoms with Crippen LogP contribution in [-0.2, 0) is 19.6 Å². The summed E-state index contributed by atoms with van der Waals surface area (Å²) in [5.41, 5.74) is 23.9. The summed E-state index contributed by atoms with van der Waals surface area (Å²) in [6, 6.07) is 47.0. The maximum absolute atomic E-state index is 14.7. The molecule has 2 saturated heterocycles. The molecule has 0 unspecified atom stereocenters. The monoisotopic (exact) mass is 1220 g/mol. The van der Waals surface area contributed by atoms with E-state index in [0.29, 0.717) is 96.9 Å². The molecule has 0 bridgehead atoms. The van der Waals surface area contributed by atoms with Gasteiger partial charge in [-0.2, -0.15) is 10.5 Å². The SMILES string of the molecule is COc1ncccc1-c1ccc2nc(-c3ccc(Cn4cccc(-c5ccc6nc(-c7cccnc7N)n(-c7ccc(CN8CCC(Nc9nccc(C#N)n9)CC8)cc7)c6n5)c4=O)nc3N)n(-c3ccc(CN4CCC(Nc5ccnc(C#N)n5)CC4)cc3)c2n1. The highest BCUT2D eigenvalue weighted by atomic mass is 16.5. The van der Waals surface area contributed by atoms with E-state index >= 15 is 0 Å². The van der Waals surface area contributed by atoms with Crippen molar-refractivity contribution in [3.63, 3.8) is 0 Å². The average Bonchev–Trinajstić information content (AvgIpc) is 1.60. The molecule has 2 fully saturated rings. The lowest BCUT2D eigenvalue weighted by molar-refractivity contribution is 0.211. The highest BCUT2D eigenvalue weighted by Gasteiger charge is 2.26. The molecule has 0 atom stereocenters. The van der Waals surface area contributed by atoms with Crippen molar-refractivity contribution >= 4 is 45.7 Å². The Balaban J connectivity index is 0.719. The summed E-state index contributed by atoms with van der Waals surface area (Å²) >= 11 is 0. The van der Waals surface area contributed by atoms with Gasteiger partial charge in [-0.3, -0.25) is 23.7 Å². The van der Waals surface area contributed by atoms with Gasteiger partial charge < -0.3 is 31.4 Å². The van der Waals surface area contributed by atoms with E-state index in [2.05, 4.69) is 105 Å². The Morgan fingerprint density at radius 3 is 1.73 bits per heavy atom. The number of nitrogens with one attached hydrogen (secondary N) is 2. The van der Waals surface area contributed by atoms with Crippen molar-refractivity contribution in [2.45, 2.75) is 57.4 Å². The van der Waals surface area contributed by atoms with Crippen molar-refractivity contribution in [2.24, 2.45) is 0 Å². The second-order valence-corrected chi connectivity index (χ2v) is 22.7. The van der Waals surface area contributed by atoms with Crippen molar-refractivity contribution in [3.8, 4) is 74.7 Å². The number of likely N-dealkylation sites (tertiary alicyclic amines) is 2. The number of hydrogen-bond acceptors (Lipinski definition) is 21. The molecule has 2 aliphatic rings. The molecule has 14 rings (SSSR count). The molecule has 6 N–H and O–H groups in total. The normalized spacial score (nSPS) is 14.1. The standard InChI is InChI=1S/C68H60N22O2/c1-92-66-50(5-2-29-75-66)54-18-20-56-64(81-54)90(49-15-10-42(11-16-49)39-86-33-24-44(25-34-86)77-58-23-31-73-59(38-70)85-58)63(84-56)53-17-12-47(78-61(53)72)41-88-32-4-7-51(67(88)91)55-19-21-57-65(82-55)89(62(83-57)52-6-3-28-74-60(52)71)48-13-8-43(9-14-48)40-87-35-26-45(27-36-87)79-68-76-30-22-46(37-69)80-68/h2-23,28-32,44-45H,24-27,33-36,39-41H2,1H3,(H2,71,74)(H2,72,78)(H,73,77,85)(H,76,79,80). The van der Waals surface area contributed by atoms with E-state index in [1.165, 1.54) is 0 Å². The molecule has 0 amide bonds. The minimum Gasteiger partial charge on any atom is -0.481 e. The third-order valence-electron chi connectivity index (χ3n) is 16.8. The van der Waals surface area contributed by atoms with Gasteiger partial charge in [-0.25, -0.2) is 54.8 Å². The number of piperidine rings is 2. The summed E-state index contributed by atoms with van der Waals surface area (Å²) in [6.45, 7) is 5.20. The van der Waals surface area contributed by atoms with E-state index < -0.39 is 0 Å². The zero-order chi connectivity index (χ0) is 62.7. The lowest BCUT2D eigenvalue weighted by Crippen LogP contribution is -2.39. The van der Waals surface area contributed by atoms with Crippen molar-refractivity contribution in [3.05, 3.63) is 203 Å². The molecular weight excluding hydrogens is 1160 g/mol. The number of hydrogen-bond donors (Lipinski definition) is 4. The fourth-order valence-electron chi connectivity index (χ4n) is 12.1. The highest BCUT2D eigenvalue weighted by Crippen LogP contribution is 2.36. The number of imidazole rings is 2. The minimum absolute atomic E-state index is 0.116. The van der Waals surface area contributed by atoms with Gasteiger partial charge in [0.05, 0.1) is 53.0 Å². The number of benzene rings is 2. The van der Waals surface area contributed by atoms with E-state index in [-0.39, 0.29) is 35.8 Å². The van der Waals surface area contributed by atoms with Crippen LogP contribution in [0.25, 0.3) is 79.0 Å². The van der Waals surface area contributed by atoms with Gasteiger partial charge >= 0.3 is 0 Å². The Morgan fingerprint density at radius 2 is 1.12 bits per heavy atom. The number of nitrogens with two attached hydrogens (primary N) is 2. The van der Waals surface area contributed by atoms with Crippen LogP contribution < -0.4 is 32.4 Å². The van der Waals surface area contributed by atoms with E-state index in [4.69, 9.17) is 41.1 Å². The average molecular weight is 1220 g/mol. The lowest BCUT2D eigenvalue weighted by atomic mass is 10.0. The second kappa shape index (κ2) is 25.3. The van der Waals surface area contributed by atoms with Crippen LogP contribution in [-0.4, -0.2) is 124 Å². The smallest absolute Gasteiger partial charge is 0.260 e. The fraction of sp³-hybridized carbons (Fsp3) is 0.206. The summed E-state index contributed by atoms with van der Waals surface area (Å²) in [7, 11) is 1.59. The van der Waals surface area contributed by atoms with Crippen LogP contribution in [0.2, 0.25) is 0 Å². The molecule has 12 heterocycles. The Bertz CT molecular complexity index is 4860. The van der Waals surface area contributed by atoms with Gasteiger partial charge in [0.2, 0.25) is 17.7 Å². The molecule has 0 spiro atoms. The van der Waals surface area contributed by atoms with E-state index in [1.54, 1.807) is 60.9 Å². The Hall–Kier alpha value is -11.9. The fourth-order valence-corrected chi connectivity index (χ4v) is 12.1. The molecular formula is C68H60N22O2. The van der Waals surface area contributed by atoms with Crippen LogP contribution in [0, 0.1) is 22.7 Å². The van der Waals surface area contributed by atoms with E-state index in [9.17, 15) is 15.3 Å². The first kappa shape index (κ1) is 57.9.